The van der Waals surface area contributed by atoms with Gasteiger partial charge in [-0.1, -0.05) is 11.6 Å². The second kappa shape index (κ2) is 8.96. The number of ether oxygens (including phenoxy) is 1. The minimum atomic E-state index is -0.629. The number of nitrogen functional groups attached to an aromatic ring is 1. The second-order valence-corrected chi connectivity index (χ2v) is 8.81. The number of rotatable bonds is 4. The van der Waals surface area contributed by atoms with Gasteiger partial charge >= 0.3 is 6.09 Å². The standard InChI is InChI=1S/C24H27ClN4O3/c1-24(2,3)32-23(31)29(5)20-12-11-19(27-22(20)26)18-14-17(10-13-21(18)30)28(4)16-8-6-15(25)7-9-16/h6-14,30H,1-5H3,(H2,26,27). The van der Waals surface area contributed by atoms with Gasteiger partial charge in [-0.3, -0.25) is 4.90 Å². The van der Waals surface area contributed by atoms with Crippen LogP contribution in [0.2, 0.25) is 5.02 Å². The molecular weight excluding hydrogens is 428 g/mol. The fourth-order valence-corrected chi connectivity index (χ4v) is 3.21. The molecule has 0 aliphatic carbocycles. The molecular formula is C24H27ClN4O3. The predicted octanol–water partition coefficient (Wildman–Crippen LogP) is 5.83. The van der Waals surface area contributed by atoms with Crippen molar-refractivity contribution in [3.8, 4) is 17.0 Å². The van der Waals surface area contributed by atoms with Crippen LogP contribution < -0.4 is 15.5 Å². The third kappa shape index (κ3) is 5.23. The topological polar surface area (TPSA) is 91.9 Å². The molecule has 1 amide bonds. The minimum absolute atomic E-state index is 0.0680. The first-order chi connectivity index (χ1) is 15.0. The van der Waals surface area contributed by atoms with Gasteiger partial charge in [-0.2, -0.15) is 0 Å². The van der Waals surface area contributed by atoms with Crippen molar-refractivity contribution < 1.29 is 14.6 Å². The van der Waals surface area contributed by atoms with E-state index in [4.69, 9.17) is 22.1 Å². The van der Waals surface area contributed by atoms with Crippen molar-refractivity contribution in [1.29, 1.82) is 0 Å². The molecule has 168 valence electrons. The van der Waals surface area contributed by atoms with E-state index < -0.39 is 11.7 Å². The van der Waals surface area contributed by atoms with Gasteiger partial charge in [-0.25, -0.2) is 9.78 Å². The fraction of sp³-hybridized carbons (Fsp3) is 0.250. The molecule has 32 heavy (non-hydrogen) atoms. The zero-order valence-electron chi connectivity index (χ0n) is 18.8. The van der Waals surface area contributed by atoms with E-state index in [0.29, 0.717) is 22.0 Å². The zero-order chi connectivity index (χ0) is 23.6. The maximum absolute atomic E-state index is 12.4. The van der Waals surface area contributed by atoms with Gasteiger partial charge in [-0.05, 0) is 75.4 Å². The first-order valence-corrected chi connectivity index (χ1v) is 10.4. The van der Waals surface area contributed by atoms with Crippen molar-refractivity contribution in [3.63, 3.8) is 0 Å². The fourth-order valence-electron chi connectivity index (χ4n) is 3.08. The second-order valence-electron chi connectivity index (χ2n) is 8.38. The first kappa shape index (κ1) is 23.2. The van der Waals surface area contributed by atoms with Crippen molar-refractivity contribution in [2.75, 3.05) is 29.6 Å². The summed E-state index contributed by atoms with van der Waals surface area (Å²) in [6, 6.07) is 16.1. The van der Waals surface area contributed by atoms with Crippen molar-refractivity contribution in [2.24, 2.45) is 0 Å². The van der Waals surface area contributed by atoms with Crippen LogP contribution in [-0.2, 0) is 4.74 Å². The van der Waals surface area contributed by atoms with E-state index in [1.165, 1.54) is 4.90 Å². The molecule has 3 rings (SSSR count). The Morgan fingerprint density at radius 1 is 1.03 bits per heavy atom. The van der Waals surface area contributed by atoms with Crippen LogP contribution in [-0.4, -0.2) is 35.9 Å². The van der Waals surface area contributed by atoms with Gasteiger partial charge in [0.25, 0.3) is 0 Å². The van der Waals surface area contributed by atoms with E-state index in [1.807, 2.05) is 42.3 Å². The molecule has 2 aromatic carbocycles. The Balaban J connectivity index is 1.91. The number of nitrogens with zero attached hydrogens (tertiary/aromatic N) is 3. The number of carbonyl (C=O) groups excluding carboxylic acids is 1. The molecule has 0 radical (unpaired) electrons. The number of halogens is 1. The normalized spacial score (nSPS) is 11.2. The maximum atomic E-state index is 12.4. The highest BCUT2D eigenvalue weighted by molar-refractivity contribution is 6.30. The summed E-state index contributed by atoms with van der Waals surface area (Å²) in [5, 5.41) is 11.1. The number of phenolic OH excluding ortho intramolecular Hbond substituents is 1. The molecule has 0 aliphatic heterocycles. The molecule has 3 N–H and O–H groups in total. The third-order valence-electron chi connectivity index (χ3n) is 4.79. The van der Waals surface area contributed by atoms with E-state index in [1.54, 1.807) is 52.1 Å². The molecule has 0 saturated heterocycles. The molecule has 3 aromatic rings. The summed E-state index contributed by atoms with van der Waals surface area (Å²) in [5.41, 5.74) is 8.71. The Labute approximate surface area is 193 Å². The summed E-state index contributed by atoms with van der Waals surface area (Å²) in [6.07, 6.45) is -0.534. The smallest absolute Gasteiger partial charge is 0.414 e. The van der Waals surface area contributed by atoms with E-state index >= 15 is 0 Å². The van der Waals surface area contributed by atoms with E-state index in [-0.39, 0.29) is 11.6 Å². The van der Waals surface area contributed by atoms with Crippen molar-refractivity contribution in [2.45, 2.75) is 26.4 Å². The first-order valence-electron chi connectivity index (χ1n) is 10.0. The number of aromatic hydroxyl groups is 1. The number of nitrogens with two attached hydrogens (primary N) is 1. The molecule has 0 fully saturated rings. The quantitative estimate of drug-likeness (QED) is 0.515. The molecule has 8 heteroatoms. The summed E-state index contributed by atoms with van der Waals surface area (Å²) < 4.78 is 5.38. The summed E-state index contributed by atoms with van der Waals surface area (Å²) in [6.45, 7) is 5.38. The average Bonchev–Trinajstić information content (AvgIpc) is 2.72. The van der Waals surface area contributed by atoms with Crippen molar-refractivity contribution in [3.05, 3.63) is 59.6 Å². The maximum Gasteiger partial charge on any atom is 0.414 e. The lowest BCUT2D eigenvalue weighted by atomic mass is 10.1. The van der Waals surface area contributed by atoms with Crippen LogP contribution in [0, 0.1) is 0 Å². The summed E-state index contributed by atoms with van der Waals surface area (Å²) in [7, 11) is 3.49. The Morgan fingerprint density at radius 2 is 1.66 bits per heavy atom. The van der Waals surface area contributed by atoms with Crippen LogP contribution >= 0.6 is 11.6 Å². The number of carbonyl (C=O) groups is 1. The molecule has 0 atom stereocenters. The Morgan fingerprint density at radius 3 is 2.25 bits per heavy atom. The number of anilines is 4. The largest absolute Gasteiger partial charge is 0.507 e. The SMILES string of the molecule is CN(C(=O)OC(C)(C)C)c1ccc(-c2cc(N(C)c3ccc(Cl)cc3)ccc2O)nc1N. The van der Waals surface area contributed by atoms with E-state index in [2.05, 4.69) is 4.98 Å². The van der Waals surface area contributed by atoms with Gasteiger partial charge in [0, 0.05) is 36.1 Å². The lowest BCUT2D eigenvalue weighted by molar-refractivity contribution is 0.0589. The Kier molecular flexibility index (Phi) is 6.50. The highest BCUT2D eigenvalue weighted by Crippen LogP contribution is 2.36. The third-order valence-corrected chi connectivity index (χ3v) is 5.04. The molecule has 1 aromatic heterocycles. The summed E-state index contributed by atoms with van der Waals surface area (Å²) in [4.78, 5) is 20.1. The number of hydrogen-bond donors (Lipinski definition) is 2. The molecule has 1 heterocycles. The molecule has 0 spiro atoms. The highest BCUT2D eigenvalue weighted by atomic mass is 35.5. The highest BCUT2D eigenvalue weighted by Gasteiger charge is 2.22. The van der Waals surface area contributed by atoms with Crippen molar-refractivity contribution >= 4 is 40.6 Å². The van der Waals surface area contributed by atoms with Crippen LogP contribution in [0.25, 0.3) is 11.3 Å². The van der Waals surface area contributed by atoms with E-state index in [9.17, 15) is 9.90 Å². The summed E-state index contributed by atoms with van der Waals surface area (Å²) in [5.74, 6) is 0.213. The molecule has 7 nitrogen and oxygen atoms in total. The monoisotopic (exact) mass is 454 g/mol. The Bertz CT molecular complexity index is 1130. The number of amides is 1. The number of pyridine rings is 1. The van der Waals surface area contributed by atoms with Gasteiger partial charge < -0.3 is 20.5 Å². The molecule has 0 bridgehead atoms. The molecule has 0 aliphatic rings. The number of phenols is 1. The van der Waals surface area contributed by atoms with Gasteiger partial charge in [0.15, 0.2) is 0 Å². The lowest BCUT2D eigenvalue weighted by Crippen LogP contribution is -2.34. The average molecular weight is 455 g/mol. The van der Waals surface area contributed by atoms with Gasteiger partial charge in [0.2, 0.25) is 0 Å². The minimum Gasteiger partial charge on any atom is -0.507 e. The molecule has 0 saturated carbocycles. The van der Waals surface area contributed by atoms with Gasteiger partial charge in [-0.15, -0.1) is 0 Å². The van der Waals surface area contributed by atoms with Crippen LogP contribution in [0.1, 0.15) is 20.8 Å². The molecule has 0 unspecified atom stereocenters. The number of aromatic nitrogens is 1. The van der Waals surface area contributed by atoms with Crippen LogP contribution in [0.3, 0.4) is 0 Å². The van der Waals surface area contributed by atoms with Crippen LogP contribution in [0.15, 0.2) is 54.6 Å². The van der Waals surface area contributed by atoms with Gasteiger partial charge in [0.05, 0.1) is 11.4 Å². The van der Waals surface area contributed by atoms with Crippen molar-refractivity contribution in [1.82, 2.24) is 4.98 Å². The Hall–Kier alpha value is -3.45. The van der Waals surface area contributed by atoms with Crippen LogP contribution in [0.4, 0.5) is 27.7 Å². The zero-order valence-corrected chi connectivity index (χ0v) is 19.5. The van der Waals surface area contributed by atoms with Crippen LogP contribution in [0.5, 0.6) is 5.75 Å². The van der Waals surface area contributed by atoms with Gasteiger partial charge in [0.1, 0.15) is 17.2 Å². The predicted molar refractivity (Wildman–Crippen MR) is 130 cm³/mol. The van der Waals surface area contributed by atoms with E-state index in [0.717, 1.165) is 11.4 Å². The number of benzene rings is 2. The summed E-state index contributed by atoms with van der Waals surface area (Å²) >= 11 is 5.99. The lowest BCUT2D eigenvalue weighted by Gasteiger charge is -2.25. The number of hydrogen-bond acceptors (Lipinski definition) is 6.